The molecule has 2 heterocycles. The van der Waals surface area contributed by atoms with Crippen LogP contribution in [0.15, 0.2) is 60.9 Å². The number of rotatable bonds is 12. The van der Waals surface area contributed by atoms with Gasteiger partial charge in [-0.25, -0.2) is 9.97 Å². The van der Waals surface area contributed by atoms with E-state index in [2.05, 4.69) is 37.1 Å². The molecule has 0 radical (unpaired) electrons. The van der Waals surface area contributed by atoms with Crippen molar-refractivity contribution < 1.29 is 14.3 Å². The average Bonchev–Trinajstić information content (AvgIpc) is 3.34. The highest BCUT2D eigenvalue weighted by atomic mass is 16.5. The lowest BCUT2D eigenvalue weighted by atomic mass is 10.1. The number of carbonyl (C=O) groups is 1. The van der Waals surface area contributed by atoms with Crippen molar-refractivity contribution in [2.24, 2.45) is 0 Å². The summed E-state index contributed by atoms with van der Waals surface area (Å²) >= 11 is 0. The Kier molecular flexibility index (Phi) is 8.05. The Morgan fingerprint density at radius 3 is 2.56 bits per heavy atom. The molecule has 0 atom stereocenters. The number of anilines is 2. The number of nitrogens with one attached hydrogen (secondary N) is 2. The second kappa shape index (κ2) is 11.8. The fourth-order valence-corrected chi connectivity index (χ4v) is 3.65. The molecule has 0 bridgehead atoms. The third-order valence-electron chi connectivity index (χ3n) is 5.46. The predicted molar refractivity (Wildman–Crippen MR) is 131 cm³/mol. The van der Waals surface area contributed by atoms with Crippen molar-refractivity contribution in [1.29, 1.82) is 0 Å². The van der Waals surface area contributed by atoms with E-state index in [1.807, 2.05) is 42.5 Å². The van der Waals surface area contributed by atoms with Crippen LogP contribution in [-0.2, 0) is 16.0 Å². The summed E-state index contributed by atoms with van der Waals surface area (Å²) < 4.78 is 10.5. The quantitative estimate of drug-likeness (QED) is 0.222. The minimum absolute atomic E-state index is 0.146. The molecule has 8 nitrogen and oxygen atoms in total. The van der Waals surface area contributed by atoms with Gasteiger partial charge in [0.05, 0.1) is 25.7 Å². The molecule has 0 saturated heterocycles. The first-order chi connectivity index (χ1) is 16.7. The van der Waals surface area contributed by atoms with Crippen LogP contribution in [0.3, 0.4) is 0 Å². The molecule has 4 aromatic rings. The number of hydrogen-bond donors (Lipinski definition) is 2. The van der Waals surface area contributed by atoms with E-state index in [1.165, 1.54) is 12.7 Å². The Morgan fingerprint density at radius 1 is 0.971 bits per heavy atom. The zero-order valence-electron chi connectivity index (χ0n) is 19.3. The molecule has 0 fully saturated rings. The Bertz CT molecular complexity index is 1190. The van der Waals surface area contributed by atoms with Gasteiger partial charge in [0.1, 0.15) is 11.3 Å². The van der Waals surface area contributed by atoms with Gasteiger partial charge < -0.3 is 19.8 Å². The van der Waals surface area contributed by atoms with E-state index in [9.17, 15) is 4.79 Å². The van der Waals surface area contributed by atoms with Gasteiger partial charge >= 0.3 is 5.97 Å². The SMILES string of the molecule is COC(=O)CCCCCCOc1ccc(Nc2nc(Cc3ccccc3)c3[nH]cnc3n2)cc1. The highest BCUT2D eigenvalue weighted by molar-refractivity contribution is 5.75. The van der Waals surface area contributed by atoms with Gasteiger partial charge in [0.15, 0.2) is 5.65 Å². The van der Waals surface area contributed by atoms with Crippen LogP contribution >= 0.6 is 0 Å². The molecule has 0 aliphatic carbocycles. The van der Waals surface area contributed by atoms with Crippen molar-refractivity contribution in [1.82, 2.24) is 19.9 Å². The molecule has 2 N–H and O–H groups in total. The number of fused-ring (bicyclic) bond motifs is 1. The van der Waals surface area contributed by atoms with Gasteiger partial charge in [-0.2, -0.15) is 4.98 Å². The number of hydrogen-bond acceptors (Lipinski definition) is 7. The maximum atomic E-state index is 11.1. The first-order valence-electron chi connectivity index (χ1n) is 11.5. The van der Waals surface area contributed by atoms with Crippen molar-refractivity contribution in [2.45, 2.75) is 38.5 Å². The second-order valence-corrected chi connectivity index (χ2v) is 8.00. The minimum Gasteiger partial charge on any atom is -0.494 e. The van der Waals surface area contributed by atoms with Gasteiger partial charge in [-0.1, -0.05) is 43.2 Å². The van der Waals surface area contributed by atoms with Crippen molar-refractivity contribution >= 4 is 28.8 Å². The van der Waals surface area contributed by atoms with Crippen molar-refractivity contribution in [3.63, 3.8) is 0 Å². The summed E-state index contributed by atoms with van der Waals surface area (Å²) in [6.45, 7) is 0.646. The highest BCUT2D eigenvalue weighted by Crippen LogP contribution is 2.22. The summed E-state index contributed by atoms with van der Waals surface area (Å²) in [5.74, 6) is 1.17. The number of ether oxygens (including phenoxy) is 2. The van der Waals surface area contributed by atoms with Gasteiger partial charge in [0.25, 0.3) is 0 Å². The molecular formula is C26H29N5O3. The zero-order valence-corrected chi connectivity index (χ0v) is 19.3. The van der Waals surface area contributed by atoms with Crippen LogP contribution in [0, 0.1) is 0 Å². The van der Waals surface area contributed by atoms with Gasteiger partial charge in [-0.3, -0.25) is 4.79 Å². The van der Waals surface area contributed by atoms with Crippen LogP contribution in [0.1, 0.15) is 43.4 Å². The van der Waals surface area contributed by atoms with E-state index in [1.54, 1.807) is 6.33 Å². The lowest BCUT2D eigenvalue weighted by Gasteiger charge is -2.10. The zero-order chi connectivity index (χ0) is 23.6. The third kappa shape index (κ3) is 6.54. The molecule has 34 heavy (non-hydrogen) atoms. The van der Waals surface area contributed by atoms with E-state index >= 15 is 0 Å². The van der Waals surface area contributed by atoms with E-state index < -0.39 is 0 Å². The lowest BCUT2D eigenvalue weighted by Crippen LogP contribution is -2.03. The number of methoxy groups -OCH3 is 1. The Hall–Kier alpha value is -3.94. The van der Waals surface area contributed by atoms with E-state index in [0.29, 0.717) is 31.0 Å². The van der Waals surface area contributed by atoms with Gasteiger partial charge in [-0.05, 0) is 42.7 Å². The summed E-state index contributed by atoms with van der Waals surface area (Å²) in [5, 5.41) is 3.27. The molecule has 0 aliphatic rings. The molecular weight excluding hydrogens is 430 g/mol. The van der Waals surface area contributed by atoms with Crippen molar-refractivity contribution in [3.05, 3.63) is 72.2 Å². The Labute approximate surface area is 198 Å². The number of imidazole rings is 1. The Balaban J connectivity index is 1.30. The number of nitrogens with zero attached hydrogens (tertiary/aromatic N) is 3. The van der Waals surface area contributed by atoms with Crippen LogP contribution in [-0.4, -0.2) is 39.6 Å². The van der Waals surface area contributed by atoms with Crippen LogP contribution in [0.4, 0.5) is 11.6 Å². The first kappa shape index (κ1) is 23.2. The van der Waals surface area contributed by atoms with E-state index in [4.69, 9.17) is 9.72 Å². The van der Waals surface area contributed by atoms with Gasteiger partial charge in [0.2, 0.25) is 5.95 Å². The summed E-state index contributed by atoms with van der Waals surface area (Å²) in [5.41, 5.74) is 4.42. The predicted octanol–water partition coefficient (Wildman–Crippen LogP) is 5.19. The smallest absolute Gasteiger partial charge is 0.305 e. The molecule has 0 saturated carbocycles. The van der Waals surface area contributed by atoms with Crippen LogP contribution in [0.5, 0.6) is 5.75 Å². The fourth-order valence-electron chi connectivity index (χ4n) is 3.65. The number of H-pyrrole nitrogens is 1. The number of unbranched alkanes of at least 4 members (excludes halogenated alkanes) is 3. The van der Waals surface area contributed by atoms with Crippen LogP contribution in [0.25, 0.3) is 11.2 Å². The molecule has 0 aliphatic heterocycles. The Morgan fingerprint density at radius 2 is 1.76 bits per heavy atom. The monoisotopic (exact) mass is 459 g/mol. The number of benzene rings is 2. The first-order valence-corrected chi connectivity index (χ1v) is 11.5. The third-order valence-corrected chi connectivity index (χ3v) is 5.46. The van der Waals surface area contributed by atoms with Gasteiger partial charge in [-0.15, -0.1) is 0 Å². The largest absolute Gasteiger partial charge is 0.494 e. The summed E-state index contributed by atoms with van der Waals surface area (Å²) in [4.78, 5) is 27.8. The van der Waals surface area contributed by atoms with E-state index in [-0.39, 0.29) is 5.97 Å². The normalized spacial score (nSPS) is 10.9. The summed E-state index contributed by atoms with van der Waals surface area (Å²) in [6.07, 6.45) is 6.63. The maximum absolute atomic E-state index is 11.1. The van der Waals surface area contributed by atoms with E-state index in [0.717, 1.165) is 48.3 Å². The number of aromatic nitrogens is 4. The van der Waals surface area contributed by atoms with Gasteiger partial charge in [0, 0.05) is 18.5 Å². The highest BCUT2D eigenvalue weighted by Gasteiger charge is 2.11. The van der Waals surface area contributed by atoms with Crippen LogP contribution in [0.2, 0.25) is 0 Å². The number of aromatic amines is 1. The van der Waals surface area contributed by atoms with Crippen molar-refractivity contribution in [3.8, 4) is 5.75 Å². The standard InChI is InChI=1S/C26H29N5O3/c1-33-23(32)11-7-2-3-8-16-34-21-14-12-20(13-15-21)29-26-30-22(17-19-9-5-4-6-10-19)24-25(31-26)28-18-27-24/h4-6,9-10,12-15,18H,2-3,7-8,11,16-17H2,1H3,(H2,27,28,29,30,31). The molecule has 0 unspecified atom stereocenters. The minimum atomic E-state index is -0.146. The molecule has 8 heteroatoms. The van der Waals surface area contributed by atoms with Crippen molar-refractivity contribution in [2.75, 3.05) is 19.0 Å². The average molecular weight is 460 g/mol. The lowest BCUT2D eigenvalue weighted by molar-refractivity contribution is -0.140. The number of esters is 1. The molecule has 2 aromatic heterocycles. The summed E-state index contributed by atoms with van der Waals surface area (Å²) in [7, 11) is 1.42. The fraction of sp³-hybridized carbons (Fsp3) is 0.308. The maximum Gasteiger partial charge on any atom is 0.305 e. The second-order valence-electron chi connectivity index (χ2n) is 8.00. The summed E-state index contributed by atoms with van der Waals surface area (Å²) in [6, 6.07) is 18.0. The number of carbonyl (C=O) groups excluding carboxylic acids is 1. The molecule has 176 valence electrons. The topological polar surface area (TPSA) is 102 Å². The van der Waals surface area contributed by atoms with Crippen LogP contribution < -0.4 is 10.1 Å². The molecule has 0 spiro atoms. The molecule has 4 rings (SSSR count). The molecule has 0 amide bonds. The molecule has 2 aromatic carbocycles.